The second kappa shape index (κ2) is 8.27. The summed E-state index contributed by atoms with van der Waals surface area (Å²) < 4.78 is 0. The number of rotatable bonds is 6. The summed E-state index contributed by atoms with van der Waals surface area (Å²) in [5, 5.41) is 13.3. The van der Waals surface area contributed by atoms with E-state index in [2.05, 4.69) is 50.1 Å². The monoisotopic (exact) mass is 289 g/mol. The van der Waals surface area contributed by atoms with Gasteiger partial charge >= 0.3 is 0 Å². The normalized spacial score (nSPS) is 11.3. The molecule has 0 saturated heterocycles. The van der Waals surface area contributed by atoms with E-state index in [4.69, 9.17) is 0 Å². The van der Waals surface area contributed by atoms with Crippen LogP contribution < -0.4 is 10.6 Å². The van der Waals surface area contributed by atoms with Crippen LogP contribution in [0.15, 0.2) is 52.5 Å². The van der Waals surface area contributed by atoms with Gasteiger partial charge in [0.25, 0.3) is 0 Å². The Bertz CT molecular complexity index is 510. The van der Waals surface area contributed by atoms with Crippen LogP contribution in [0.4, 0.5) is 0 Å². The molecule has 0 amide bonds. The van der Waals surface area contributed by atoms with E-state index in [1.165, 1.54) is 4.90 Å². The van der Waals surface area contributed by atoms with Crippen LogP contribution in [0.5, 0.6) is 0 Å². The Kier molecular flexibility index (Phi) is 5.98. The maximum Gasteiger partial charge on any atom is 0.191 e. The lowest BCUT2D eigenvalue weighted by Crippen LogP contribution is -2.38. The van der Waals surface area contributed by atoms with E-state index in [9.17, 15) is 0 Å². The van der Waals surface area contributed by atoms with Crippen molar-refractivity contribution < 1.29 is 0 Å². The predicted molar refractivity (Wildman–Crippen MR) is 84.0 cm³/mol. The van der Waals surface area contributed by atoms with Crippen molar-refractivity contribution in [3.05, 3.63) is 48.3 Å². The fraction of sp³-hybridized carbons (Fsp3) is 0.286. The summed E-state index contributed by atoms with van der Waals surface area (Å²) in [5.74, 6) is 1.79. The summed E-state index contributed by atoms with van der Waals surface area (Å²) in [6.45, 7) is 1.55. The summed E-state index contributed by atoms with van der Waals surface area (Å²) in [7, 11) is 1.77. The molecule has 2 rings (SSSR count). The van der Waals surface area contributed by atoms with Crippen LogP contribution in [-0.4, -0.2) is 35.5 Å². The van der Waals surface area contributed by atoms with E-state index in [-0.39, 0.29) is 0 Å². The van der Waals surface area contributed by atoms with Gasteiger partial charge in [0.1, 0.15) is 0 Å². The number of hydrogen-bond donors (Lipinski definition) is 3. The molecule has 0 saturated carbocycles. The third-order valence-electron chi connectivity index (χ3n) is 2.63. The van der Waals surface area contributed by atoms with Crippen LogP contribution in [0.25, 0.3) is 0 Å². The molecule has 20 heavy (non-hydrogen) atoms. The molecule has 2 aromatic rings. The summed E-state index contributed by atoms with van der Waals surface area (Å²) in [6, 6.07) is 12.3. The van der Waals surface area contributed by atoms with E-state index in [1.54, 1.807) is 13.2 Å². The lowest BCUT2D eigenvalue weighted by Gasteiger charge is -2.10. The molecule has 0 aliphatic rings. The van der Waals surface area contributed by atoms with Crippen LogP contribution in [0.3, 0.4) is 0 Å². The average molecular weight is 289 g/mol. The summed E-state index contributed by atoms with van der Waals surface area (Å²) in [5.41, 5.74) is 1.03. The van der Waals surface area contributed by atoms with Crippen molar-refractivity contribution in [3.8, 4) is 0 Å². The molecule has 0 aliphatic carbocycles. The van der Waals surface area contributed by atoms with Gasteiger partial charge < -0.3 is 10.6 Å². The molecule has 0 bridgehead atoms. The van der Waals surface area contributed by atoms with E-state index in [0.717, 1.165) is 24.0 Å². The molecular formula is C14H19N5S. The number of aromatic nitrogens is 2. The SMILES string of the molecule is CN=C(NCCSc1ccccc1)NCc1ccn[nH]1. The Morgan fingerprint density at radius 1 is 1.25 bits per heavy atom. The lowest BCUT2D eigenvalue weighted by atomic mass is 10.4. The van der Waals surface area contributed by atoms with E-state index in [1.807, 2.05) is 23.9 Å². The van der Waals surface area contributed by atoms with Crippen molar-refractivity contribution in [2.45, 2.75) is 11.4 Å². The highest BCUT2D eigenvalue weighted by molar-refractivity contribution is 7.99. The Labute approximate surface area is 123 Å². The van der Waals surface area contributed by atoms with Gasteiger partial charge in [0.2, 0.25) is 0 Å². The maximum absolute atomic E-state index is 4.18. The van der Waals surface area contributed by atoms with Crippen molar-refractivity contribution in [1.82, 2.24) is 20.8 Å². The molecule has 3 N–H and O–H groups in total. The van der Waals surface area contributed by atoms with Crippen molar-refractivity contribution in [1.29, 1.82) is 0 Å². The number of nitrogens with one attached hydrogen (secondary N) is 3. The van der Waals surface area contributed by atoms with Gasteiger partial charge in [0.15, 0.2) is 5.96 Å². The zero-order valence-electron chi connectivity index (χ0n) is 11.5. The highest BCUT2D eigenvalue weighted by atomic mass is 32.2. The molecule has 0 fully saturated rings. The van der Waals surface area contributed by atoms with Gasteiger partial charge in [0.05, 0.1) is 12.2 Å². The van der Waals surface area contributed by atoms with Crippen LogP contribution in [-0.2, 0) is 6.54 Å². The number of nitrogens with zero attached hydrogens (tertiary/aromatic N) is 2. The van der Waals surface area contributed by atoms with E-state index < -0.39 is 0 Å². The van der Waals surface area contributed by atoms with Crippen molar-refractivity contribution in [2.75, 3.05) is 19.3 Å². The minimum Gasteiger partial charge on any atom is -0.356 e. The van der Waals surface area contributed by atoms with Gasteiger partial charge in [0, 0.05) is 30.4 Å². The zero-order chi connectivity index (χ0) is 14.0. The topological polar surface area (TPSA) is 65.1 Å². The van der Waals surface area contributed by atoms with Crippen LogP contribution >= 0.6 is 11.8 Å². The fourth-order valence-electron chi connectivity index (χ4n) is 1.64. The number of hydrogen-bond acceptors (Lipinski definition) is 3. The third kappa shape index (κ3) is 4.97. The molecule has 0 aliphatic heterocycles. The highest BCUT2D eigenvalue weighted by Gasteiger charge is 1.99. The van der Waals surface area contributed by atoms with Crippen LogP contribution in [0.1, 0.15) is 5.69 Å². The fourth-order valence-corrected chi connectivity index (χ4v) is 2.43. The molecule has 106 valence electrons. The Hall–Kier alpha value is -1.95. The number of H-pyrrole nitrogens is 1. The molecular weight excluding hydrogens is 270 g/mol. The van der Waals surface area contributed by atoms with E-state index >= 15 is 0 Å². The van der Waals surface area contributed by atoms with Gasteiger partial charge in [-0.1, -0.05) is 18.2 Å². The molecule has 0 radical (unpaired) electrons. The lowest BCUT2D eigenvalue weighted by molar-refractivity contribution is 0.806. The van der Waals surface area contributed by atoms with Crippen molar-refractivity contribution in [3.63, 3.8) is 0 Å². The molecule has 1 aromatic heterocycles. The number of benzene rings is 1. The largest absolute Gasteiger partial charge is 0.356 e. The first-order chi connectivity index (χ1) is 9.88. The summed E-state index contributed by atoms with van der Waals surface area (Å²) >= 11 is 1.83. The van der Waals surface area contributed by atoms with Crippen molar-refractivity contribution >= 4 is 17.7 Å². The third-order valence-corrected chi connectivity index (χ3v) is 3.65. The molecule has 0 unspecified atom stereocenters. The average Bonchev–Trinajstić information content (AvgIpc) is 3.01. The predicted octanol–water partition coefficient (Wildman–Crippen LogP) is 1.87. The minimum atomic E-state index is 0.686. The van der Waals surface area contributed by atoms with Crippen LogP contribution in [0, 0.1) is 0 Å². The molecule has 1 heterocycles. The van der Waals surface area contributed by atoms with Gasteiger partial charge in [-0.15, -0.1) is 11.8 Å². The summed E-state index contributed by atoms with van der Waals surface area (Å²) in [6.07, 6.45) is 1.74. The Morgan fingerprint density at radius 3 is 2.80 bits per heavy atom. The number of guanidine groups is 1. The molecule has 0 atom stereocenters. The maximum atomic E-state index is 4.18. The van der Waals surface area contributed by atoms with Gasteiger partial charge in [-0.3, -0.25) is 10.1 Å². The molecule has 5 nitrogen and oxygen atoms in total. The second-order valence-electron chi connectivity index (χ2n) is 4.10. The van der Waals surface area contributed by atoms with Crippen molar-refractivity contribution in [2.24, 2.45) is 4.99 Å². The standard InChI is InChI=1S/C14H19N5S/c1-15-14(17-11-12-7-8-18-19-12)16-9-10-20-13-5-3-2-4-6-13/h2-8H,9-11H2,1H3,(H,18,19)(H2,15,16,17). The minimum absolute atomic E-state index is 0.686. The van der Waals surface area contributed by atoms with E-state index in [0.29, 0.717) is 6.54 Å². The van der Waals surface area contributed by atoms with Gasteiger partial charge in [-0.2, -0.15) is 5.10 Å². The molecule has 6 heteroatoms. The van der Waals surface area contributed by atoms with Crippen LogP contribution in [0.2, 0.25) is 0 Å². The first-order valence-corrected chi connectivity index (χ1v) is 7.47. The number of thioether (sulfide) groups is 1. The smallest absolute Gasteiger partial charge is 0.191 e. The quantitative estimate of drug-likeness (QED) is 0.329. The first kappa shape index (κ1) is 14.5. The Balaban J connectivity index is 1.64. The summed E-state index contributed by atoms with van der Waals surface area (Å²) in [4.78, 5) is 5.47. The van der Waals surface area contributed by atoms with Gasteiger partial charge in [-0.05, 0) is 18.2 Å². The molecule has 0 spiro atoms. The van der Waals surface area contributed by atoms with Gasteiger partial charge in [-0.25, -0.2) is 0 Å². The molecule has 1 aromatic carbocycles. The number of aliphatic imine (C=N–C) groups is 1. The first-order valence-electron chi connectivity index (χ1n) is 6.49. The number of aromatic amines is 1. The second-order valence-corrected chi connectivity index (χ2v) is 5.26. The Morgan fingerprint density at radius 2 is 2.10 bits per heavy atom. The highest BCUT2D eigenvalue weighted by Crippen LogP contribution is 2.15. The zero-order valence-corrected chi connectivity index (χ0v) is 12.3.